The van der Waals surface area contributed by atoms with E-state index in [0.29, 0.717) is 6.42 Å². The van der Waals surface area contributed by atoms with Gasteiger partial charge in [0.15, 0.2) is 0 Å². The average molecular weight is 281 g/mol. The normalized spacial score (nSPS) is 10.8. The number of aromatic nitrogens is 3. The summed E-state index contributed by atoms with van der Waals surface area (Å²) in [5, 5.41) is 16.9. The van der Waals surface area contributed by atoms with E-state index in [2.05, 4.69) is 23.4 Å². The first-order chi connectivity index (χ1) is 9.72. The van der Waals surface area contributed by atoms with E-state index in [1.54, 1.807) is 0 Å². The number of carboxylic acid groups (broad SMARTS) is 1. The van der Waals surface area contributed by atoms with Crippen molar-refractivity contribution in [2.75, 3.05) is 0 Å². The summed E-state index contributed by atoms with van der Waals surface area (Å²) >= 11 is 0. The lowest BCUT2D eigenvalue weighted by Gasteiger charge is -1.99. The largest absolute Gasteiger partial charge is 0.481 e. The average Bonchev–Trinajstić information content (AvgIpc) is 2.85. The standard InChI is InChI=1S/C15H27N3O2/c1-2-3-9-12-18-13-14(16-17-18)10-7-5-4-6-8-11-15(19)20/h13H,2-12H2,1H3,(H,19,20). The first kappa shape index (κ1) is 16.7. The minimum Gasteiger partial charge on any atom is -0.481 e. The predicted octanol–water partition coefficient (Wildman–Crippen LogP) is 3.44. The Hall–Kier alpha value is -1.39. The maximum atomic E-state index is 10.4. The van der Waals surface area contributed by atoms with Crippen LogP contribution in [0.2, 0.25) is 0 Å². The number of rotatable bonds is 12. The fourth-order valence-electron chi connectivity index (χ4n) is 2.20. The topological polar surface area (TPSA) is 68.0 Å². The first-order valence-corrected chi connectivity index (χ1v) is 7.83. The fourth-order valence-corrected chi connectivity index (χ4v) is 2.20. The molecular weight excluding hydrogens is 254 g/mol. The zero-order valence-corrected chi connectivity index (χ0v) is 12.6. The number of unbranched alkanes of at least 4 members (excludes halogenated alkanes) is 6. The highest BCUT2D eigenvalue weighted by Crippen LogP contribution is 2.08. The molecule has 5 heteroatoms. The Morgan fingerprint density at radius 2 is 1.90 bits per heavy atom. The molecule has 0 saturated heterocycles. The molecule has 0 bridgehead atoms. The minimum atomic E-state index is -0.690. The number of nitrogens with zero attached hydrogens (tertiary/aromatic N) is 3. The number of hydrogen-bond donors (Lipinski definition) is 1. The van der Waals surface area contributed by atoms with Crippen molar-refractivity contribution >= 4 is 5.97 Å². The maximum Gasteiger partial charge on any atom is 0.303 e. The molecule has 0 amide bonds. The molecule has 0 aliphatic carbocycles. The predicted molar refractivity (Wildman–Crippen MR) is 78.6 cm³/mol. The Labute approximate surface area is 121 Å². The van der Waals surface area contributed by atoms with Gasteiger partial charge in [-0.25, -0.2) is 0 Å². The number of carbonyl (C=O) groups is 1. The second-order valence-electron chi connectivity index (χ2n) is 5.34. The molecule has 0 fully saturated rings. The zero-order valence-electron chi connectivity index (χ0n) is 12.6. The van der Waals surface area contributed by atoms with Crippen LogP contribution in [0, 0.1) is 0 Å². The summed E-state index contributed by atoms with van der Waals surface area (Å²) < 4.78 is 1.94. The number of hydrogen-bond acceptors (Lipinski definition) is 3. The van der Waals surface area contributed by atoms with Crippen molar-refractivity contribution in [3.8, 4) is 0 Å². The maximum absolute atomic E-state index is 10.4. The van der Waals surface area contributed by atoms with Crippen LogP contribution in [0.15, 0.2) is 6.20 Å². The van der Waals surface area contributed by atoms with Crippen molar-refractivity contribution in [2.24, 2.45) is 0 Å². The molecule has 0 saturated carbocycles. The van der Waals surface area contributed by atoms with Crippen LogP contribution < -0.4 is 0 Å². The second-order valence-corrected chi connectivity index (χ2v) is 5.34. The Bertz CT molecular complexity index is 377. The van der Waals surface area contributed by atoms with Gasteiger partial charge in [-0.1, -0.05) is 44.2 Å². The minimum absolute atomic E-state index is 0.298. The highest BCUT2D eigenvalue weighted by molar-refractivity contribution is 5.66. The summed E-state index contributed by atoms with van der Waals surface area (Å²) in [6, 6.07) is 0. The molecule has 1 N–H and O–H groups in total. The van der Waals surface area contributed by atoms with Gasteiger partial charge in [0.25, 0.3) is 0 Å². The highest BCUT2D eigenvalue weighted by Gasteiger charge is 2.01. The molecule has 1 aromatic heterocycles. The molecule has 5 nitrogen and oxygen atoms in total. The van der Waals surface area contributed by atoms with Crippen LogP contribution in [-0.2, 0) is 17.8 Å². The van der Waals surface area contributed by atoms with Crippen LogP contribution in [0.5, 0.6) is 0 Å². The third kappa shape index (κ3) is 7.92. The van der Waals surface area contributed by atoms with Crippen molar-refractivity contribution in [1.29, 1.82) is 0 Å². The van der Waals surface area contributed by atoms with E-state index in [1.807, 2.05) is 4.68 Å². The Kier molecular flexibility index (Phi) is 8.67. The molecule has 20 heavy (non-hydrogen) atoms. The lowest BCUT2D eigenvalue weighted by Crippen LogP contribution is -1.98. The molecule has 0 unspecified atom stereocenters. The molecule has 1 aromatic rings. The van der Waals surface area contributed by atoms with Gasteiger partial charge >= 0.3 is 5.97 Å². The van der Waals surface area contributed by atoms with Crippen LogP contribution in [0.3, 0.4) is 0 Å². The third-order valence-corrected chi connectivity index (χ3v) is 3.40. The van der Waals surface area contributed by atoms with E-state index in [-0.39, 0.29) is 0 Å². The summed E-state index contributed by atoms with van der Waals surface area (Å²) in [5.41, 5.74) is 1.08. The molecule has 1 heterocycles. The fraction of sp³-hybridized carbons (Fsp3) is 0.800. The van der Waals surface area contributed by atoms with Gasteiger partial charge in [-0.2, -0.15) is 0 Å². The Balaban J connectivity index is 2.03. The number of carboxylic acids is 1. The summed E-state index contributed by atoms with van der Waals surface area (Å²) in [5.74, 6) is -0.690. The van der Waals surface area contributed by atoms with Gasteiger partial charge in [0.05, 0.1) is 5.69 Å². The van der Waals surface area contributed by atoms with Crippen LogP contribution in [0.1, 0.15) is 70.4 Å². The molecule has 0 aromatic carbocycles. The van der Waals surface area contributed by atoms with Crippen LogP contribution in [-0.4, -0.2) is 26.1 Å². The van der Waals surface area contributed by atoms with Crippen molar-refractivity contribution < 1.29 is 9.90 Å². The van der Waals surface area contributed by atoms with Crippen LogP contribution in [0.25, 0.3) is 0 Å². The quantitative estimate of drug-likeness (QED) is 0.596. The summed E-state index contributed by atoms with van der Waals surface area (Å²) in [4.78, 5) is 10.4. The van der Waals surface area contributed by atoms with Crippen molar-refractivity contribution in [3.63, 3.8) is 0 Å². The highest BCUT2D eigenvalue weighted by atomic mass is 16.4. The van der Waals surface area contributed by atoms with Crippen molar-refractivity contribution in [1.82, 2.24) is 15.0 Å². The number of aliphatic carboxylic acids is 1. The molecule has 0 aliphatic rings. The second kappa shape index (κ2) is 10.4. The molecule has 0 spiro atoms. The molecule has 114 valence electrons. The van der Waals surface area contributed by atoms with E-state index in [1.165, 1.54) is 19.3 Å². The first-order valence-electron chi connectivity index (χ1n) is 7.83. The smallest absolute Gasteiger partial charge is 0.303 e. The third-order valence-electron chi connectivity index (χ3n) is 3.40. The van der Waals surface area contributed by atoms with E-state index < -0.39 is 5.97 Å². The van der Waals surface area contributed by atoms with Gasteiger partial charge in [-0.15, -0.1) is 5.10 Å². The van der Waals surface area contributed by atoms with E-state index >= 15 is 0 Å². The number of aryl methyl sites for hydroxylation is 2. The van der Waals surface area contributed by atoms with Crippen LogP contribution >= 0.6 is 0 Å². The SMILES string of the molecule is CCCCCn1cc(CCCCCCCC(=O)O)nn1. The molecule has 0 atom stereocenters. The molecule has 0 radical (unpaired) electrons. The van der Waals surface area contributed by atoms with Gasteiger partial charge in [0.2, 0.25) is 0 Å². The zero-order chi connectivity index (χ0) is 14.6. The Morgan fingerprint density at radius 3 is 2.65 bits per heavy atom. The monoisotopic (exact) mass is 281 g/mol. The van der Waals surface area contributed by atoms with Gasteiger partial charge in [-0.05, 0) is 25.7 Å². The Morgan fingerprint density at radius 1 is 1.15 bits per heavy atom. The van der Waals surface area contributed by atoms with Gasteiger partial charge < -0.3 is 5.11 Å². The van der Waals surface area contributed by atoms with Crippen molar-refractivity contribution in [3.05, 3.63) is 11.9 Å². The van der Waals surface area contributed by atoms with Crippen LogP contribution in [0.4, 0.5) is 0 Å². The summed E-state index contributed by atoms with van der Waals surface area (Å²) in [6.45, 7) is 3.17. The summed E-state index contributed by atoms with van der Waals surface area (Å²) in [6.07, 6.45) is 12.1. The lowest BCUT2D eigenvalue weighted by atomic mass is 10.1. The van der Waals surface area contributed by atoms with Gasteiger partial charge in [0.1, 0.15) is 0 Å². The summed E-state index contributed by atoms with van der Waals surface area (Å²) in [7, 11) is 0. The van der Waals surface area contributed by atoms with E-state index in [9.17, 15) is 4.79 Å². The lowest BCUT2D eigenvalue weighted by molar-refractivity contribution is -0.137. The molecule has 1 rings (SSSR count). The molecule has 0 aliphatic heterocycles. The van der Waals surface area contributed by atoms with Gasteiger partial charge in [0, 0.05) is 19.2 Å². The van der Waals surface area contributed by atoms with Gasteiger partial charge in [-0.3, -0.25) is 9.48 Å². The van der Waals surface area contributed by atoms with E-state index in [0.717, 1.165) is 50.8 Å². The van der Waals surface area contributed by atoms with E-state index in [4.69, 9.17) is 5.11 Å². The van der Waals surface area contributed by atoms with Crippen molar-refractivity contribution in [2.45, 2.75) is 77.7 Å². The molecular formula is C15H27N3O2.